The molecule has 0 spiro atoms. The van der Waals surface area contributed by atoms with E-state index in [9.17, 15) is 13.2 Å². The lowest BCUT2D eigenvalue weighted by Gasteiger charge is -2.00. The SMILES string of the molecule is FC(F)=C(F)CCSc1snnc1-c1ccccc1. The second-order valence-corrected chi connectivity index (χ2v) is 5.66. The van der Waals surface area contributed by atoms with E-state index < -0.39 is 11.9 Å². The summed E-state index contributed by atoms with van der Waals surface area (Å²) < 4.78 is 41.1. The monoisotopic (exact) mass is 302 g/mol. The minimum atomic E-state index is -2.24. The van der Waals surface area contributed by atoms with Crippen molar-refractivity contribution in [2.24, 2.45) is 0 Å². The third-order valence-corrected chi connectivity index (χ3v) is 4.23. The molecule has 0 aliphatic rings. The molecule has 0 atom stereocenters. The number of hydrogen-bond donors (Lipinski definition) is 0. The lowest BCUT2D eigenvalue weighted by molar-refractivity contribution is 0.373. The van der Waals surface area contributed by atoms with Crippen molar-refractivity contribution in [2.75, 3.05) is 5.75 Å². The third kappa shape index (κ3) is 3.81. The Balaban J connectivity index is 2.03. The van der Waals surface area contributed by atoms with Crippen LogP contribution >= 0.6 is 23.3 Å². The molecule has 1 aromatic heterocycles. The zero-order chi connectivity index (χ0) is 13.7. The van der Waals surface area contributed by atoms with Gasteiger partial charge in [-0.15, -0.1) is 16.9 Å². The van der Waals surface area contributed by atoms with Crippen LogP contribution in [0.2, 0.25) is 0 Å². The van der Waals surface area contributed by atoms with Crippen molar-refractivity contribution in [3.63, 3.8) is 0 Å². The minimum Gasteiger partial charge on any atom is -0.206 e. The van der Waals surface area contributed by atoms with E-state index in [1.165, 1.54) is 23.3 Å². The summed E-state index contributed by atoms with van der Waals surface area (Å²) in [5.41, 5.74) is 1.62. The molecule has 0 aliphatic heterocycles. The highest BCUT2D eigenvalue weighted by Crippen LogP contribution is 2.33. The van der Waals surface area contributed by atoms with Crippen LogP contribution in [-0.4, -0.2) is 15.3 Å². The molecule has 19 heavy (non-hydrogen) atoms. The van der Waals surface area contributed by atoms with Crippen LogP contribution in [0.15, 0.2) is 46.4 Å². The number of hydrogen-bond acceptors (Lipinski definition) is 4. The van der Waals surface area contributed by atoms with Crippen molar-refractivity contribution in [1.29, 1.82) is 0 Å². The molecule has 0 N–H and O–H groups in total. The van der Waals surface area contributed by atoms with E-state index in [-0.39, 0.29) is 12.2 Å². The fourth-order valence-corrected chi connectivity index (χ4v) is 3.14. The Morgan fingerprint density at radius 2 is 1.89 bits per heavy atom. The first kappa shape index (κ1) is 14.1. The van der Waals surface area contributed by atoms with Crippen molar-refractivity contribution in [2.45, 2.75) is 10.6 Å². The topological polar surface area (TPSA) is 25.8 Å². The maximum Gasteiger partial charge on any atom is 0.301 e. The van der Waals surface area contributed by atoms with Gasteiger partial charge < -0.3 is 0 Å². The van der Waals surface area contributed by atoms with Crippen LogP contribution in [0.25, 0.3) is 11.3 Å². The van der Waals surface area contributed by atoms with Crippen LogP contribution in [0.5, 0.6) is 0 Å². The van der Waals surface area contributed by atoms with Crippen LogP contribution in [-0.2, 0) is 0 Å². The zero-order valence-electron chi connectivity index (χ0n) is 9.65. The van der Waals surface area contributed by atoms with Crippen LogP contribution in [0.1, 0.15) is 6.42 Å². The maximum atomic E-state index is 12.7. The lowest BCUT2D eigenvalue weighted by atomic mass is 10.2. The third-order valence-electron chi connectivity index (χ3n) is 2.26. The first-order valence-electron chi connectivity index (χ1n) is 5.38. The van der Waals surface area contributed by atoms with Crippen molar-refractivity contribution >= 4 is 23.3 Å². The second kappa shape index (κ2) is 6.72. The molecular formula is C12H9F3N2S2. The Kier molecular flexibility index (Phi) is 4.98. The number of rotatable bonds is 5. The number of allylic oxidation sites excluding steroid dienone is 1. The quantitative estimate of drug-likeness (QED) is 0.744. The summed E-state index contributed by atoms with van der Waals surface area (Å²) >= 11 is 2.46. The van der Waals surface area contributed by atoms with E-state index in [1.807, 2.05) is 30.3 Å². The first-order chi connectivity index (χ1) is 9.18. The van der Waals surface area contributed by atoms with Gasteiger partial charge in [0.15, 0.2) is 5.83 Å². The highest BCUT2D eigenvalue weighted by molar-refractivity contribution is 8.01. The van der Waals surface area contributed by atoms with Gasteiger partial charge in [-0.1, -0.05) is 34.8 Å². The molecular weight excluding hydrogens is 293 g/mol. The molecule has 0 fully saturated rings. The second-order valence-electron chi connectivity index (χ2n) is 3.54. The summed E-state index contributed by atoms with van der Waals surface area (Å²) in [4.78, 5) is 0. The molecule has 0 saturated carbocycles. The van der Waals surface area contributed by atoms with Gasteiger partial charge in [-0.3, -0.25) is 0 Å². The highest BCUT2D eigenvalue weighted by Gasteiger charge is 2.12. The normalized spacial score (nSPS) is 10.5. The highest BCUT2D eigenvalue weighted by atomic mass is 32.2. The standard InChI is InChI=1S/C12H9F3N2S2/c13-9(11(14)15)6-7-18-12-10(16-17-19-12)8-4-2-1-3-5-8/h1-5H,6-7H2. The smallest absolute Gasteiger partial charge is 0.206 e. The van der Waals surface area contributed by atoms with Gasteiger partial charge in [-0.2, -0.15) is 8.78 Å². The van der Waals surface area contributed by atoms with Gasteiger partial charge in [0.05, 0.1) is 0 Å². The largest absolute Gasteiger partial charge is 0.301 e. The van der Waals surface area contributed by atoms with Gasteiger partial charge in [-0.25, -0.2) is 4.39 Å². The Hall–Kier alpha value is -1.34. The molecule has 0 bridgehead atoms. The van der Waals surface area contributed by atoms with Crippen molar-refractivity contribution in [3.8, 4) is 11.3 Å². The number of thioether (sulfide) groups is 1. The summed E-state index contributed by atoms with van der Waals surface area (Å²) in [6.07, 6.45) is -2.54. The predicted octanol–water partition coefficient (Wildman–Crippen LogP) is 4.76. The lowest BCUT2D eigenvalue weighted by Crippen LogP contribution is -1.84. The molecule has 0 amide bonds. The summed E-state index contributed by atoms with van der Waals surface area (Å²) in [6.45, 7) is 0. The van der Waals surface area contributed by atoms with E-state index in [0.717, 1.165) is 9.77 Å². The first-order valence-corrected chi connectivity index (χ1v) is 7.14. The van der Waals surface area contributed by atoms with Crippen LogP contribution in [0, 0.1) is 0 Å². The molecule has 2 rings (SSSR count). The van der Waals surface area contributed by atoms with Gasteiger partial charge in [0.25, 0.3) is 0 Å². The summed E-state index contributed by atoms with van der Waals surface area (Å²) in [5.74, 6) is -1.13. The average Bonchev–Trinajstić information content (AvgIpc) is 2.88. The van der Waals surface area contributed by atoms with Gasteiger partial charge >= 0.3 is 6.08 Å². The molecule has 1 heterocycles. The Morgan fingerprint density at radius 3 is 2.58 bits per heavy atom. The van der Waals surface area contributed by atoms with E-state index in [0.29, 0.717) is 5.69 Å². The summed E-state index contributed by atoms with van der Waals surface area (Å²) in [5, 5.41) is 4.01. The Bertz CT molecular complexity index is 565. The number of aromatic nitrogens is 2. The van der Waals surface area contributed by atoms with Crippen LogP contribution in [0.4, 0.5) is 13.2 Å². The summed E-state index contributed by atoms with van der Waals surface area (Å²) in [6, 6.07) is 9.43. The molecule has 0 radical (unpaired) electrons. The fourth-order valence-electron chi connectivity index (χ4n) is 1.38. The molecule has 2 nitrogen and oxygen atoms in total. The number of halogens is 3. The van der Waals surface area contributed by atoms with E-state index in [1.54, 1.807) is 0 Å². The maximum absolute atomic E-state index is 12.7. The number of benzene rings is 1. The Morgan fingerprint density at radius 1 is 1.16 bits per heavy atom. The van der Waals surface area contributed by atoms with Gasteiger partial charge in [0, 0.05) is 17.7 Å². The van der Waals surface area contributed by atoms with Crippen LogP contribution in [0.3, 0.4) is 0 Å². The van der Waals surface area contributed by atoms with Crippen molar-refractivity contribution in [3.05, 3.63) is 42.2 Å². The molecule has 7 heteroatoms. The molecule has 0 unspecified atom stereocenters. The van der Waals surface area contributed by atoms with E-state index >= 15 is 0 Å². The minimum absolute atomic E-state index is 0.229. The zero-order valence-corrected chi connectivity index (χ0v) is 11.3. The molecule has 0 saturated heterocycles. The van der Waals surface area contributed by atoms with Gasteiger partial charge in [0.2, 0.25) is 0 Å². The van der Waals surface area contributed by atoms with Crippen molar-refractivity contribution < 1.29 is 13.2 Å². The average molecular weight is 302 g/mol. The van der Waals surface area contributed by atoms with Crippen LogP contribution < -0.4 is 0 Å². The van der Waals surface area contributed by atoms with Gasteiger partial charge in [0.1, 0.15) is 9.90 Å². The Labute approximate surface area is 116 Å². The van der Waals surface area contributed by atoms with E-state index in [2.05, 4.69) is 9.59 Å². The summed E-state index contributed by atoms with van der Waals surface area (Å²) in [7, 11) is 0. The van der Waals surface area contributed by atoms with Gasteiger partial charge in [-0.05, 0) is 11.5 Å². The molecule has 1 aromatic carbocycles. The predicted molar refractivity (Wildman–Crippen MR) is 71.0 cm³/mol. The number of nitrogens with zero attached hydrogens (tertiary/aromatic N) is 2. The molecule has 0 aliphatic carbocycles. The van der Waals surface area contributed by atoms with Crippen molar-refractivity contribution in [1.82, 2.24) is 9.59 Å². The molecule has 100 valence electrons. The van der Waals surface area contributed by atoms with E-state index in [4.69, 9.17) is 0 Å². The molecule has 2 aromatic rings. The fraction of sp³-hybridized carbons (Fsp3) is 0.167.